The molecule has 2 aromatic rings. The maximum atomic E-state index is 13.3. The fourth-order valence-electron chi connectivity index (χ4n) is 3.70. The average molecular weight is 474 g/mol. The van der Waals surface area contributed by atoms with Crippen molar-refractivity contribution in [3.05, 3.63) is 52.8 Å². The Kier molecular flexibility index (Phi) is 7.57. The monoisotopic (exact) mass is 473 g/mol. The standard InChI is InChI=1S/C22H24ClN5O3S/c1-16-6-10-28(11-7-16)22(29)20(8-12-27-9-2-3-18(27)15-25)26-32(30,31)21-5-4-17(14-24)13-19(21)23/h2-5,9,13,16,20,26H,6-8,10-12H2,1H3. The molecule has 0 spiro atoms. The van der Waals surface area contributed by atoms with Crippen LogP contribution in [0.4, 0.5) is 0 Å². The zero-order chi connectivity index (χ0) is 23.3. The predicted octanol–water partition coefficient (Wildman–Crippen LogP) is 2.88. The highest BCUT2D eigenvalue weighted by molar-refractivity contribution is 7.89. The molecule has 3 rings (SSSR count). The van der Waals surface area contributed by atoms with E-state index in [1.54, 1.807) is 27.8 Å². The van der Waals surface area contributed by atoms with Gasteiger partial charge in [0.2, 0.25) is 15.9 Å². The van der Waals surface area contributed by atoms with Crippen LogP contribution in [0.3, 0.4) is 0 Å². The number of amides is 1. The Bertz CT molecular complexity index is 1170. The molecule has 1 atom stereocenters. The summed E-state index contributed by atoms with van der Waals surface area (Å²) in [5.41, 5.74) is 0.668. The van der Waals surface area contributed by atoms with Crippen LogP contribution in [0.15, 0.2) is 41.4 Å². The van der Waals surface area contributed by atoms with E-state index in [1.807, 2.05) is 6.07 Å². The normalized spacial score (nSPS) is 15.7. The molecule has 1 aliphatic rings. The summed E-state index contributed by atoms with van der Waals surface area (Å²) < 4.78 is 30.4. The minimum atomic E-state index is -4.13. The molecule has 1 N–H and O–H groups in total. The van der Waals surface area contributed by atoms with Crippen LogP contribution in [-0.2, 0) is 21.4 Å². The molecule has 0 radical (unpaired) electrons. The van der Waals surface area contributed by atoms with Crippen molar-refractivity contribution >= 4 is 27.5 Å². The highest BCUT2D eigenvalue weighted by Crippen LogP contribution is 2.24. The van der Waals surface area contributed by atoms with Gasteiger partial charge in [0.25, 0.3) is 0 Å². The van der Waals surface area contributed by atoms with Crippen molar-refractivity contribution < 1.29 is 13.2 Å². The zero-order valence-electron chi connectivity index (χ0n) is 17.7. The number of benzene rings is 1. The van der Waals surface area contributed by atoms with E-state index in [2.05, 4.69) is 17.7 Å². The minimum Gasteiger partial charge on any atom is -0.341 e. The number of aromatic nitrogens is 1. The van der Waals surface area contributed by atoms with Crippen molar-refractivity contribution in [2.45, 2.75) is 43.7 Å². The molecule has 0 aliphatic carbocycles. The molecule has 2 heterocycles. The second kappa shape index (κ2) is 10.2. The van der Waals surface area contributed by atoms with Gasteiger partial charge in [0.15, 0.2) is 0 Å². The van der Waals surface area contributed by atoms with E-state index in [1.165, 1.54) is 18.2 Å². The number of aryl methyl sites for hydroxylation is 1. The Labute approximate surface area is 193 Å². The topological polar surface area (TPSA) is 119 Å². The van der Waals surface area contributed by atoms with Crippen LogP contribution in [0, 0.1) is 28.6 Å². The summed E-state index contributed by atoms with van der Waals surface area (Å²) in [5, 5.41) is 18.1. The van der Waals surface area contributed by atoms with Gasteiger partial charge in [-0.3, -0.25) is 4.79 Å². The molecule has 168 valence electrons. The Morgan fingerprint density at radius 2 is 1.97 bits per heavy atom. The molecule has 1 unspecified atom stereocenters. The van der Waals surface area contributed by atoms with E-state index in [0.717, 1.165) is 12.8 Å². The number of rotatable bonds is 7. The number of hydrogen-bond acceptors (Lipinski definition) is 5. The number of carbonyl (C=O) groups is 1. The summed E-state index contributed by atoms with van der Waals surface area (Å²) in [6.45, 7) is 3.57. The first-order chi connectivity index (χ1) is 15.2. The van der Waals surface area contributed by atoms with Crippen molar-refractivity contribution in [3.63, 3.8) is 0 Å². The van der Waals surface area contributed by atoms with Gasteiger partial charge in [-0.2, -0.15) is 15.2 Å². The van der Waals surface area contributed by atoms with Gasteiger partial charge in [-0.05, 0) is 55.5 Å². The maximum absolute atomic E-state index is 13.3. The van der Waals surface area contributed by atoms with Crippen molar-refractivity contribution in [2.24, 2.45) is 5.92 Å². The molecular weight excluding hydrogens is 450 g/mol. The SMILES string of the molecule is CC1CCN(C(=O)C(CCn2cccc2C#N)NS(=O)(=O)c2ccc(C#N)cc2Cl)CC1. The molecule has 1 aliphatic heterocycles. The van der Waals surface area contributed by atoms with E-state index in [9.17, 15) is 18.5 Å². The van der Waals surface area contributed by atoms with Crippen LogP contribution in [0.25, 0.3) is 0 Å². The van der Waals surface area contributed by atoms with Crippen molar-refractivity contribution in [1.29, 1.82) is 10.5 Å². The van der Waals surface area contributed by atoms with E-state index in [-0.39, 0.29) is 27.8 Å². The van der Waals surface area contributed by atoms with Crippen LogP contribution in [-0.4, -0.2) is 42.9 Å². The number of carbonyl (C=O) groups excluding carboxylic acids is 1. The predicted molar refractivity (Wildman–Crippen MR) is 119 cm³/mol. The Balaban J connectivity index is 1.85. The number of piperidine rings is 1. The summed E-state index contributed by atoms with van der Waals surface area (Å²) in [7, 11) is -4.13. The number of sulfonamides is 1. The molecule has 8 nitrogen and oxygen atoms in total. The summed E-state index contributed by atoms with van der Waals surface area (Å²) in [4.78, 5) is 14.8. The lowest BCUT2D eigenvalue weighted by Gasteiger charge is -2.33. The number of halogens is 1. The van der Waals surface area contributed by atoms with Gasteiger partial charge in [0.05, 0.1) is 16.7 Å². The third-order valence-electron chi connectivity index (χ3n) is 5.64. The van der Waals surface area contributed by atoms with Crippen LogP contribution in [0.2, 0.25) is 5.02 Å². The van der Waals surface area contributed by atoms with E-state index in [4.69, 9.17) is 16.9 Å². The van der Waals surface area contributed by atoms with Crippen molar-refractivity contribution in [2.75, 3.05) is 13.1 Å². The van der Waals surface area contributed by atoms with E-state index < -0.39 is 16.1 Å². The molecule has 1 saturated heterocycles. The molecule has 1 amide bonds. The Hall–Kier alpha value is -2.85. The Morgan fingerprint density at radius 3 is 2.59 bits per heavy atom. The Morgan fingerprint density at radius 1 is 1.25 bits per heavy atom. The fourth-order valence-corrected chi connectivity index (χ4v) is 5.47. The third kappa shape index (κ3) is 5.49. The van der Waals surface area contributed by atoms with Gasteiger partial charge in [-0.15, -0.1) is 0 Å². The van der Waals surface area contributed by atoms with Crippen LogP contribution >= 0.6 is 11.6 Å². The summed E-state index contributed by atoms with van der Waals surface area (Å²) >= 11 is 6.11. The van der Waals surface area contributed by atoms with Crippen molar-refractivity contribution in [1.82, 2.24) is 14.2 Å². The van der Waals surface area contributed by atoms with Gasteiger partial charge in [-0.1, -0.05) is 18.5 Å². The van der Waals surface area contributed by atoms with Gasteiger partial charge in [0, 0.05) is 25.8 Å². The van der Waals surface area contributed by atoms with Gasteiger partial charge in [-0.25, -0.2) is 8.42 Å². The number of hydrogen-bond donors (Lipinski definition) is 1. The van der Waals surface area contributed by atoms with Crippen LogP contribution in [0.5, 0.6) is 0 Å². The van der Waals surface area contributed by atoms with Gasteiger partial charge >= 0.3 is 0 Å². The number of nitriles is 2. The number of likely N-dealkylation sites (tertiary alicyclic amines) is 1. The smallest absolute Gasteiger partial charge is 0.242 e. The molecule has 1 fully saturated rings. The lowest BCUT2D eigenvalue weighted by atomic mass is 9.98. The van der Waals surface area contributed by atoms with Gasteiger partial charge < -0.3 is 9.47 Å². The quantitative estimate of drug-likeness (QED) is 0.663. The summed E-state index contributed by atoms with van der Waals surface area (Å²) in [6, 6.07) is 10.2. The largest absolute Gasteiger partial charge is 0.341 e. The lowest BCUT2D eigenvalue weighted by Crippen LogP contribution is -2.51. The first-order valence-corrected chi connectivity index (χ1v) is 12.2. The molecular formula is C22H24ClN5O3S. The van der Waals surface area contributed by atoms with E-state index in [0.29, 0.717) is 31.2 Å². The van der Waals surface area contributed by atoms with Crippen molar-refractivity contribution in [3.8, 4) is 12.1 Å². The zero-order valence-corrected chi connectivity index (χ0v) is 19.2. The van der Waals surface area contributed by atoms with E-state index >= 15 is 0 Å². The molecule has 1 aromatic carbocycles. The highest BCUT2D eigenvalue weighted by Gasteiger charge is 2.31. The second-order valence-electron chi connectivity index (χ2n) is 7.93. The molecule has 1 aromatic heterocycles. The first-order valence-electron chi connectivity index (χ1n) is 10.3. The number of nitrogens with zero attached hydrogens (tertiary/aromatic N) is 4. The molecule has 32 heavy (non-hydrogen) atoms. The average Bonchev–Trinajstić information content (AvgIpc) is 3.24. The molecule has 10 heteroatoms. The number of nitrogens with one attached hydrogen (secondary N) is 1. The molecule has 0 bridgehead atoms. The first kappa shape index (κ1) is 23.8. The maximum Gasteiger partial charge on any atom is 0.242 e. The highest BCUT2D eigenvalue weighted by atomic mass is 35.5. The molecule has 0 saturated carbocycles. The summed E-state index contributed by atoms with van der Waals surface area (Å²) in [5.74, 6) is 0.223. The van der Waals surface area contributed by atoms with Gasteiger partial charge in [0.1, 0.15) is 22.7 Å². The van der Waals surface area contributed by atoms with Crippen LogP contribution < -0.4 is 4.72 Å². The van der Waals surface area contributed by atoms with Crippen LogP contribution in [0.1, 0.15) is 37.4 Å². The second-order valence-corrected chi connectivity index (χ2v) is 10.0. The fraction of sp³-hybridized carbons (Fsp3) is 0.409. The minimum absolute atomic E-state index is 0.0910. The summed E-state index contributed by atoms with van der Waals surface area (Å²) in [6.07, 6.45) is 3.61. The third-order valence-corrected chi connectivity index (χ3v) is 7.60. The lowest BCUT2D eigenvalue weighted by molar-refractivity contribution is -0.134.